The number of allylic oxidation sites excluding steroid dienone is 1. The number of halogens is 1. The van der Waals surface area contributed by atoms with Crippen molar-refractivity contribution < 1.29 is 9.59 Å². The van der Waals surface area contributed by atoms with Crippen LogP contribution < -0.4 is 5.32 Å². The molecule has 0 spiro atoms. The zero-order valence-electron chi connectivity index (χ0n) is 11.5. The minimum Gasteiger partial charge on any atom is -0.355 e. The van der Waals surface area contributed by atoms with Crippen molar-refractivity contribution in [3.8, 4) is 0 Å². The second-order valence-electron chi connectivity index (χ2n) is 4.41. The summed E-state index contributed by atoms with van der Waals surface area (Å²) in [5.74, 6) is -0.256. The molecule has 21 heavy (non-hydrogen) atoms. The Balaban J connectivity index is 2.10. The quantitative estimate of drug-likeness (QED) is 0.692. The van der Waals surface area contributed by atoms with Gasteiger partial charge in [-0.3, -0.25) is 9.59 Å². The van der Waals surface area contributed by atoms with Gasteiger partial charge < -0.3 is 5.32 Å². The van der Waals surface area contributed by atoms with Gasteiger partial charge in [0.05, 0.1) is 0 Å². The van der Waals surface area contributed by atoms with Crippen molar-refractivity contribution in [1.29, 1.82) is 0 Å². The Morgan fingerprint density at radius 1 is 1.05 bits per heavy atom. The highest BCUT2D eigenvalue weighted by atomic mass is 35.5. The summed E-state index contributed by atoms with van der Waals surface area (Å²) in [5.41, 5.74) is 1.97. The molecule has 106 valence electrons. The first-order chi connectivity index (χ1) is 10.1. The summed E-state index contributed by atoms with van der Waals surface area (Å²) < 4.78 is 0. The number of hydrogen-bond donors (Lipinski definition) is 1. The van der Waals surface area contributed by atoms with Gasteiger partial charge in [0.1, 0.15) is 0 Å². The molecule has 0 fully saturated rings. The molecule has 2 rings (SSSR count). The van der Waals surface area contributed by atoms with E-state index in [9.17, 15) is 9.59 Å². The molecule has 0 heterocycles. The Hall–Kier alpha value is -2.39. The molecule has 0 atom stereocenters. The van der Waals surface area contributed by atoms with E-state index in [4.69, 9.17) is 11.6 Å². The molecular weight excluding hydrogens is 286 g/mol. The Labute approximate surface area is 128 Å². The van der Waals surface area contributed by atoms with Gasteiger partial charge in [-0.25, -0.2) is 0 Å². The molecule has 0 aliphatic rings. The molecule has 1 amide bonds. The minimum absolute atomic E-state index is 0.118. The van der Waals surface area contributed by atoms with Crippen LogP contribution >= 0.6 is 11.6 Å². The van der Waals surface area contributed by atoms with Gasteiger partial charge in [-0.15, -0.1) is 0 Å². The standard InChI is InChI=1S/C17H14ClNO2/c1-19-17(21)13-8-5-12(6-9-13)7-10-16(20)14-3-2-4-15(18)11-14/h2-11H,1H3,(H,19,21). The number of carbonyl (C=O) groups is 2. The zero-order valence-corrected chi connectivity index (χ0v) is 12.2. The van der Waals surface area contributed by atoms with Crippen LogP contribution in [-0.2, 0) is 0 Å². The van der Waals surface area contributed by atoms with Crippen molar-refractivity contribution in [3.05, 3.63) is 76.3 Å². The SMILES string of the molecule is CNC(=O)c1ccc(C=CC(=O)c2cccc(Cl)c2)cc1. The van der Waals surface area contributed by atoms with Crippen LogP contribution in [0.3, 0.4) is 0 Å². The number of carbonyl (C=O) groups excluding carboxylic acids is 2. The lowest BCUT2D eigenvalue weighted by molar-refractivity contribution is 0.0962. The number of hydrogen-bond acceptors (Lipinski definition) is 2. The van der Waals surface area contributed by atoms with Crippen LogP contribution in [0.1, 0.15) is 26.3 Å². The van der Waals surface area contributed by atoms with Gasteiger partial charge in [0, 0.05) is 23.2 Å². The lowest BCUT2D eigenvalue weighted by atomic mass is 10.1. The molecule has 2 aromatic carbocycles. The minimum atomic E-state index is -0.138. The van der Waals surface area contributed by atoms with E-state index in [0.29, 0.717) is 16.1 Å². The molecule has 0 radical (unpaired) electrons. The topological polar surface area (TPSA) is 46.2 Å². The third-order valence-electron chi connectivity index (χ3n) is 2.94. The van der Waals surface area contributed by atoms with E-state index < -0.39 is 0 Å². The van der Waals surface area contributed by atoms with Crippen LogP contribution in [0.4, 0.5) is 0 Å². The second kappa shape index (κ2) is 6.86. The fourth-order valence-corrected chi connectivity index (χ4v) is 1.99. The van der Waals surface area contributed by atoms with Crippen LogP contribution in [-0.4, -0.2) is 18.7 Å². The fraction of sp³-hybridized carbons (Fsp3) is 0.0588. The van der Waals surface area contributed by atoms with Crippen molar-refractivity contribution in [3.63, 3.8) is 0 Å². The van der Waals surface area contributed by atoms with Crippen LogP contribution in [0.15, 0.2) is 54.6 Å². The highest BCUT2D eigenvalue weighted by Crippen LogP contribution is 2.12. The van der Waals surface area contributed by atoms with Crippen molar-refractivity contribution in [1.82, 2.24) is 5.32 Å². The molecule has 0 bridgehead atoms. The predicted molar refractivity (Wildman–Crippen MR) is 84.6 cm³/mol. The average Bonchev–Trinajstić information content (AvgIpc) is 2.52. The predicted octanol–water partition coefficient (Wildman–Crippen LogP) is 3.60. The molecule has 1 N–H and O–H groups in total. The highest BCUT2D eigenvalue weighted by molar-refractivity contribution is 6.31. The van der Waals surface area contributed by atoms with Crippen LogP contribution in [0.2, 0.25) is 5.02 Å². The van der Waals surface area contributed by atoms with Gasteiger partial charge in [-0.2, -0.15) is 0 Å². The van der Waals surface area contributed by atoms with Crippen LogP contribution in [0.5, 0.6) is 0 Å². The maximum Gasteiger partial charge on any atom is 0.251 e. The first-order valence-electron chi connectivity index (χ1n) is 6.40. The van der Waals surface area contributed by atoms with E-state index in [1.165, 1.54) is 6.08 Å². The van der Waals surface area contributed by atoms with Crippen molar-refractivity contribution in [2.45, 2.75) is 0 Å². The molecule has 0 saturated heterocycles. The summed E-state index contributed by atoms with van der Waals surface area (Å²) in [7, 11) is 1.58. The number of rotatable bonds is 4. The molecule has 0 saturated carbocycles. The van der Waals surface area contributed by atoms with Gasteiger partial charge >= 0.3 is 0 Å². The van der Waals surface area contributed by atoms with E-state index in [1.54, 1.807) is 61.7 Å². The monoisotopic (exact) mass is 299 g/mol. The first kappa shape index (κ1) is 15.0. The largest absolute Gasteiger partial charge is 0.355 e. The zero-order chi connectivity index (χ0) is 15.2. The Morgan fingerprint density at radius 3 is 2.38 bits per heavy atom. The summed E-state index contributed by atoms with van der Waals surface area (Å²) in [4.78, 5) is 23.4. The second-order valence-corrected chi connectivity index (χ2v) is 4.85. The van der Waals surface area contributed by atoms with Gasteiger partial charge in [-0.05, 0) is 35.9 Å². The number of amides is 1. The summed E-state index contributed by atoms with van der Waals surface area (Å²) >= 11 is 5.85. The molecule has 0 aliphatic heterocycles. The molecule has 2 aromatic rings. The summed E-state index contributed by atoms with van der Waals surface area (Å²) in [5, 5.41) is 3.09. The maximum absolute atomic E-state index is 12.0. The number of nitrogens with one attached hydrogen (secondary N) is 1. The van der Waals surface area contributed by atoms with E-state index >= 15 is 0 Å². The van der Waals surface area contributed by atoms with Crippen molar-refractivity contribution in [2.75, 3.05) is 7.05 Å². The molecular formula is C17H14ClNO2. The first-order valence-corrected chi connectivity index (χ1v) is 6.78. The smallest absolute Gasteiger partial charge is 0.251 e. The van der Waals surface area contributed by atoms with E-state index in [2.05, 4.69) is 5.32 Å². The summed E-state index contributed by atoms with van der Waals surface area (Å²) in [6.07, 6.45) is 3.19. The Kier molecular flexibility index (Phi) is 4.90. The lowest BCUT2D eigenvalue weighted by Gasteiger charge is -2.00. The van der Waals surface area contributed by atoms with Gasteiger partial charge in [0.2, 0.25) is 0 Å². The normalized spacial score (nSPS) is 10.6. The van der Waals surface area contributed by atoms with Gasteiger partial charge in [0.15, 0.2) is 5.78 Å². The van der Waals surface area contributed by atoms with E-state index in [1.807, 2.05) is 0 Å². The number of benzene rings is 2. The molecule has 4 heteroatoms. The third kappa shape index (κ3) is 4.04. The Morgan fingerprint density at radius 2 is 1.76 bits per heavy atom. The van der Waals surface area contributed by atoms with Crippen LogP contribution in [0, 0.1) is 0 Å². The van der Waals surface area contributed by atoms with Gasteiger partial charge in [-0.1, -0.05) is 41.9 Å². The molecule has 0 unspecified atom stereocenters. The average molecular weight is 300 g/mol. The highest BCUT2D eigenvalue weighted by Gasteiger charge is 2.03. The van der Waals surface area contributed by atoms with E-state index in [-0.39, 0.29) is 11.7 Å². The fourth-order valence-electron chi connectivity index (χ4n) is 1.80. The third-order valence-corrected chi connectivity index (χ3v) is 3.17. The Bertz CT molecular complexity index is 690. The number of ketones is 1. The molecule has 0 aromatic heterocycles. The molecule has 3 nitrogen and oxygen atoms in total. The van der Waals surface area contributed by atoms with Crippen molar-refractivity contribution >= 4 is 29.4 Å². The van der Waals surface area contributed by atoms with E-state index in [0.717, 1.165) is 5.56 Å². The summed E-state index contributed by atoms with van der Waals surface area (Å²) in [6, 6.07) is 13.8. The van der Waals surface area contributed by atoms with Gasteiger partial charge in [0.25, 0.3) is 5.91 Å². The van der Waals surface area contributed by atoms with Crippen molar-refractivity contribution in [2.24, 2.45) is 0 Å². The summed E-state index contributed by atoms with van der Waals surface area (Å²) in [6.45, 7) is 0. The molecule has 0 aliphatic carbocycles. The maximum atomic E-state index is 12.0. The van der Waals surface area contributed by atoms with Crippen LogP contribution in [0.25, 0.3) is 6.08 Å². The lowest BCUT2D eigenvalue weighted by Crippen LogP contribution is -2.17.